The number of nitrogens with zero attached hydrogens (tertiary/aromatic N) is 1. The lowest BCUT2D eigenvalue weighted by atomic mass is 10.1. The molecular weight excluding hydrogens is 333 g/mol. The molecule has 0 amide bonds. The van der Waals surface area contributed by atoms with Crippen molar-refractivity contribution in [3.63, 3.8) is 0 Å². The molecule has 120 valence electrons. The average Bonchev–Trinajstić information content (AvgIpc) is 2.95. The molecule has 1 aliphatic heterocycles. The van der Waals surface area contributed by atoms with E-state index in [-0.39, 0.29) is 5.69 Å². The number of rotatable bonds is 2. The Morgan fingerprint density at radius 3 is 2.26 bits per heavy atom. The van der Waals surface area contributed by atoms with Gasteiger partial charge >= 0.3 is 6.18 Å². The van der Waals surface area contributed by atoms with Crippen LogP contribution in [0, 0.1) is 11.6 Å². The first-order valence-electron chi connectivity index (χ1n) is 6.59. The number of alkyl halides is 3. The van der Waals surface area contributed by atoms with Crippen LogP contribution in [0.3, 0.4) is 0 Å². The molecule has 2 aromatic carbocycles. The van der Waals surface area contributed by atoms with Gasteiger partial charge in [-0.05, 0) is 35.2 Å². The van der Waals surface area contributed by atoms with Gasteiger partial charge in [-0.15, -0.1) is 11.8 Å². The minimum atomic E-state index is -4.47. The van der Waals surface area contributed by atoms with Crippen LogP contribution in [0.25, 0.3) is 0 Å². The van der Waals surface area contributed by atoms with Crippen LogP contribution in [-0.2, 0) is 6.18 Å². The van der Waals surface area contributed by atoms with Crippen LogP contribution in [0.15, 0.2) is 54.1 Å². The van der Waals surface area contributed by atoms with Gasteiger partial charge < -0.3 is 4.90 Å². The van der Waals surface area contributed by atoms with Gasteiger partial charge in [-0.25, -0.2) is 8.78 Å². The Hall–Kier alpha value is -2.02. The van der Waals surface area contributed by atoms with Crippen LogP contribution in [0.5, 0.6) is 0 Å². The molecule has 1 heterocycles. The minimum absolute atomic E-state index is 0.281. The summed E-state index contributed by atoms with van der Waals surface area (Å²) in [6.45, 7) is 0. The second-order valence-electron chi connectivity index (χ2n) is 4.87. The van der Waals surface area contributed by atoms with E-state index in [4.69, 9.17) is 0 Å². The Bertz CT molecular complexity index is 736. The highest BCUT2D eigenvalue weighted by Crippen LogP contribution is 2.44. The Morgan fingerprint density at radius 1 is 0.957 bits per heavy atom. The van der Waals surface area contributed by atoms with E-state index in [1.165, 1.54) is 41.1 Å². The van der Waals surface area contributed by atoms with Gasteiger partial charge in [0.2, 0.25) is 0 Å². The average molecular weight is 343 g/mol. The first-order chi connectivity index (χ1) is 10.9. The van der Waals surface area contributed by atoms with Gasteiger partial charge in [-0.1, -0.05) is 18.2 Å². The van der Waals surface area contributed by atoms with Crippen molar-refractivity contribution in [1.29, 1.82) is 0 Å². The van der Waals surface area contributed by atoms with Crippen LogP contribution in [0.1, 0.15) is 16.5 Å². The highest BCUT2D eigenvalue weighted by Gasteiger charge is 2.33. The van der Waals surface area contributed by atoms with Gasteiger partial charge in [-0.2, -0.15) is 13.2 Å². The van der Waals surface area contributed by atoms with Crippen molar-refractivity contribution in [1.82, 2.24) is 0 Å². The number of para-hydroxylation sites is 1. The molecule has 0 spiro atoms. The predicted octanol–water partition coefficient (Wildman–Crippen LogP) is 5.71. The third-order valence-corrected chi connectivity index (χ3v) is 4.41. The Morgan fingerprint density at radius 2 is 1.61 bits per heavy atom. The maximum atomic E-state index is 14.0. The highest BCUT2D eigenvalue weighted by atomic mass is 32.2. The van der Waals surface area contributed by atoms with Crippen molar-refractivity contribution in [2.45, 2.75) is 11.6 Å². The van der Waals surface area contributed by atoms with Crippen LogP contribution in [-0.4, -0.2) is 0 Å². The normalized spacial score (nSPS) is 17.8. The number of anilines is 1. The molecule has 1 nitrogen and oxygen atoms in total. The summed E-state index contributed by atoms with van der Waals surface area (Å²) in [5, 5.41) is 0.931. The van der Waals surface area contributed by atoms with Crippen molar-refractivity contribution < 1.29 is 22.0 Å². The quantitative estimate of drug-likeness (QED) is 0.643. The van der Waals surface area contributed by atoms with Crippen LogP contribution in [0.2, 0.25) is 0 Å². The molecule has 0 bridgehead atoms. The molecule has 23 heavy (non-hydrogen) atoms. The van der Waals surface area contributed by atoms with Crippen molar-refractivity contribution in [2.75, 3.05) is 4.90 Å². The fourth-order valence-corrected chi connectivity index (χ4v) is 3.31. The van der Waals surface area contributed by atoms with Crippen molar-refractivity contribution >= 4 is 17.4 Å². The highest BCUT2D eigenvalue weighted by molar-refractivity contribution is 8.02. The fourth-order valence-electron chi connectivity index (χ4n) is 2.35. The van der Waals surface area contributed by atoms with Crippen LogP contribution < -0.4 is 4.90 Å². The molecule has 0 saturated carbocycles. The molecule has 0 fully saturated rings. The standard InChI is InChI=1S/C16H10F5NS/c17-12-5-2-6-13(18)14(12)22-7-8-23-15(22)10-3-1-4-11(9-10)16(19,20)21/h1-9,15H. The Kier molecular flexibility index (Phi) is 4.06. The van der Waals surface area contributed by atoms with E-state index in [2.05, 4.69) is 0 Å². The van der Waals surface area contributed by atoms with Gasteiger partial charge in [0.15, 0.2) is 0 Å². The van der Waals surface area contributed by atoms with Crippen molar-refractivity contribution in [3.05, 3.63) is 76.8 Å². The SMILES string of the molecule is Fc1cccc(F)c1N1C=CSC1c1cccc(C(F)(F)F)c1. The molecule has 0 aromatic heterocycles. The smallest absolute Gasteiger partial charge is 0.326 e. The topological polar surface area (TPSA) is 3.24 Å². The zero-order valence-corrected chi connectivity index (χ0v) is 12.3. The second-order valence-corrected chi connectivity index (χ2v) is 5.87. The summed E-state index contributed by atoms with van der Waals surface area (Å²) in [7, 11) is 0. The van der Waals surface area contributed by atoms with E-state index in [0.29, 0.717) is 5.56 Å². The maximum absolute atomic E-state index is 14.0. The zero-order valence-electron chi connectivity index (χ0n) is 11.5. The van der Waals surface area contributed by atoms with E-state index in [1.807, 2.05) is 0 Å². The first-order valence-corrected chi connectivity index (χ1v) is 7.54. The molecule has 1 unspecified atom stereocenters. The molecule has 0 aliphatic carbocycles. The summed E-state index contributed by atoms with van der Waals surface area (Å²) >= 11 is 1.18. The Labute approximate surface area is 133 Å². The second kappa shape index (κ2) is 5.88. The van der Waals surface area contributed by atoms with E-state index < -0.39 is 28.7 Å². The lowest BCUT2D eigenvalue weighted by Gasteiger charge is -2.26. The number of halogens is 5. The molecule has 2 aromatic rings. The lowest BCUT2D eigenvalue weighted by Crippen LogP contribution is -2.20. The lowest BCUT2D eigenvalue weighted by molar-refractivity contribution is -0.137. The van der Waals surface area contributed by atoms with E-state index in [0.717, 1.165) is 24.3 Å². The van der Waals surface area contributed by atoms with Gasteiger partial charge in [0.05, 0.1) is 5.56 Å². The third-order valence-electron chi connectivity index (χ3n) is 3.38. The third kappa shape index (κ3) is 3.06. The molecule has 1 aliphatic rings. The van der Waals surface area contributed by atoms with Gasteiger partial charge in [-0.3, -0.25) is 0 Å². The molecule has 7 heteroatoms. The van der Waals surface area contributed by atoms with E-state index in [1.54, 1.807) is 5.41 Å². The van der Waals surface area contributed by atoms with Crippen molar-refractivity contribution in [2.24, 2.45) is 0 Å². The summed E-state index contributed by atoms with van der Waals surface area (Å²) < 4.78 is 66.5. The number of benzene rings is 2. The molecule has 0 N–H and O–H groups in total. The van der Waals surface area contributed by atoms with Gasteiger partial charge in [0.1, 0.15) is 22.7 Å². The zero-order chi connectivity index (χ0) is 16.6. The summed E-state index contributed by atoms with van der Waals surface area (Å²) in [5.74, 6) is -1.54. The number of hydrogen-bond donors (Lipinski definition) is 0. The summed E-state index contributed by atoms with van der Waals surface area (Å²) in [6.07, 6.45) is -3.02. The van der Waals surface area contributed by atoms with Gasteiger partial charge in [0, 0.05) is 6.20 Å². The van der Waals surface area contributed by atoms with Crippen LogP contribution in [0.4, 0.5) is 27.6 Å². The van der Waals surface area contributed by atoms with Gasteiger partial charge in [0.25, 0.3) is 0 Å². The van der Waals surface area contributed by atoms with E-state index in [9.17, 15) is 22.0 Å². The molecule has 3 rings (SSSR count). The largest absolute Gasteiger partial charge is 0.416 e. The van der Waals surface area contributed by atoms with Crippen molar-refractivity contribution in [3.8, 4) is 0 Å². The monoisotopic (exact) mass is 343 g/mol. The van der Waals surface area contributed by atoms with Crippen LogP contribution >= 0.6 is 11.8 Å². The molecule has 0 saturated heterocycles. The predicted molar refractivity (Wildman–Crippen MR) is 79.8 cm³/mol. The number of hydrogen-bond acceptors (Lipinski definition) is 2. The first kappa shape index (κ1) is 15.9. The molecular formula is C16H10F5NS. The number of thioether (sulfide) groups is 1. The minimum Gasteiger partial charge on any atom is -0.326 e. The Balaban J connectivity index is 2.01. The summed E-state index contributed by atoms with van der Waals surface area (Å²) in [5.41, 5.74) is -0.759. The molecule has 1 atom stereocenters. The summed E-state index contributed by atoms with van der Waals surface area (Å²) in [4.78, 5) is 1.30. The van der Waals surface area contributed by atoms with E-state index >= 15 is 0 Å². The fraction of sp³-hybridized carbons (Fsp3) is 0.125. The summed E-state index contributed by atoms with van der Waals surface area (Å²) in [6, 6.07) is 8.21. The maximum Gasteiger partial charge on any atom is 0.416 e. The molecule has 0 radical (unpaired) electrons.